The van der Waals surface area contributed by atoms with Crippen LogP contribution in [0.3, 0.4) is 0 Å². The Kier molecular flexibility index (Phi) is 5.95. The molecule has 0 spiro atoms. The number of nitrogens with zero attached hydrogens (tertiary/aromatic N) is 3. The molecule has 2 aliphatic heterocycles. The van der Waals surface area contributed by atoms with E-state index in [1.807, 2.05) is 0 Å². The second-order valence-corrected chi connectivity index (χ2v) is 9.30. The fourth-order valence-electron chi connectivity index (χ4n) is 5.67. The van der Waals surface area contributed by atoms with Crippen LogP contribution < -0.4 is 10.6 Å². The van der Waals surface area contributed by atoms with Gasteiger partial charge in [-0.05, 0) is 57.4 Å². The van der Waals surface area contributed by atoms with E-state index in [0.717, 1.165) is 25.5 Å². The van der Waals surface area contributed by atoms with Crippen molar-refractivity contribution in [1.82, 2.24) is 20.4 Å². The summed E-state index contributed by atoms with van der Waals surface area (Å²) >= 11 is 0. The topological polar surface area (TPSA) is 77.0 Å². The Bertz CT molecular complexity index is 673. The molecule has 29 heavy (non-hydrogen) atoms. The molecule has 0 aromatic heterocycles. The number of piperidine rings is 1. The molecular weight excluding hydrogens is 366 g/mol. The molecule has 1 saturated carbocycles. The van der Waals surface area contributed by atoms with Crippen molar-refractivity contribution < 1.29 is 9.59 Å². The van der Waals surface area contributed by atoms with Crippen LogP contribution in [0.15, 0.2) is 17.1 Å². The first-order chi connectivity index (χ1) is 14.0. The molecule has 5 unspecified atom stereocenters. The Balaban J connectivity index is 1.22. The SMILES string of the molecule is CN=C(NCCN1C(=O)C2C3C=CC(C3)C2C1=O)NCC1CCCN(C(C)C)C1. The summed E-state index contributed by atoms with van der Waals surface area (Å²) in [4.78, 5) is 33.8. The number of fused-ring (bicyclic) bond motifs is 5. The highest BCUT2D eigenvalue weighted by atomic mass is 16.2. The van der Waals surface area contributed by atoms with Gasteiger partial charge >= 0.3 is 0 Å². The second-order valence-electron chi connectivity index (χ2n) is 9.30. The van der Waals surface area contributed by atoms with E-state index in [4.69, 9.17) is 0 Å². The molecule has 4 aliphatic rings. The standard InChI is InChI=1S/C22H35N5O2/c1-14(2)26-9-4-5-15(13-26)12-25-22(23-3)24-8-10-27-20(28)18-16-6-7-17(11-16)19(18)21(27)29/h6-7,14-19H,4-5,8-13H2,1-3H3,(H2,23,24,25). The maximum absolute atomic E-state index is 12.7. The third-order valence-corrected chi connectivity index (χ3v) is 7.25. The highest BCUT2D eigenvalue weighted by molar-refractivity contribution is 6.06. The number of guanidine groups is 1. The Labute approximate surface area is 174 Å². The Hall–Kier alpha value is -1.89. The van der Waals surface area contributed by atoms with Crippen LogP contribution >= 0.6 is 0 Å². The highest BCUT2D eigenvalue weighted by Gasteiger charge is 2.58. The number of aliphatic imine (C=N–C) groups is 1. The van der Waals surface area contributed by atoms with E-state index in [-0.39, 0.29) is 35.5 Å². The van der Waals surface area contributed by atoms with Gasteiger partial charge in [-0.2, -0.15) is 0 Å². The van der Waals surface area contributed by atoms with Crippen molar-refractivity contribution in [2.75, 3.05) is 39.8 Å². The van der Waals surface area contributed by atoms with Crippen molar-refractivity contribution in [3.05, 3.63) is 12.2 Å². The van der Waals surface area contributed by atoms with E-state index >= 15 is 0 Å². The van der Waals surface area contributed by atoms with Gasteiger partial charge in [-0.15, -0.1) is 0 Å². The predicted octanol–water partition coefficient (Wildman–Crippen LogP) is 1.08. The number of hydrogen-bond acceptors (Lipinski definition) is 4. The summed E-state index contributed by atoms with van der Waals surface area (Å²) in [5.74, 6) is 1.75. The lowest BCUT2D eigenvalue weighted by atomic mass is 9.85. The van der Waals surface area contributed by atoms with E-state index < -0.39 is 0 Å². The molecule has 2 heterocycles. The molecular formula is C22H35N5O2. The van der Waals surface area contributed by atoms with Gasteiger partial charge in [0.15, 0.2) is 5.96 Å². The molecule has 2 N–H and O–H groups in total. The van der Waals surface area contributed by atoms with E-state index in [1.54, 1.807) is 7.05 Å². The maximum Gasteiger partial charge on any atom is 0.233 e. The molecule has 0 radical (unpaired) electrons. The van der Waals surface area contributed by atoms with Crippen LogP contribution in [0, 0.1) is 29.6 Å². The summed E-state index contributed by atoms with van der Waals surface area (Å²) < 4.78 is 0. The van der Waals surface area contributed by atoms with Crippen LogP contribution in [0.5, 0.6) is 0 Å². The number of allylic oxidation sites excluding steroid dienone is 2. The Morgan fingerprint density at radius 2 is 1.86 bits per heavy atom. The van der Waals surface area contributed by atoms with Crippen LogP contribution in [0.2, 0.25) is 0 Å². The fraction of sp³-hybridized carbons (Fsp3) is 0.773. The molecule has 7 heteroatoms. The number of amides is 2. The summed E-state index contributed by atoms with van der Waals surface area (Å²) in [6.07, 6.45) is 7.73. The average molecular weight is 402 g/mol. The minimum absolute atomic E-state index is 0.0255. The number of hydrogen-bond donors (Lipinski definition) is 2. The largest absolute Gasteiger partial charge is 0.356 e. The van der Waals surface area contributed by atoms with E-state index in [0.29, 0.717) is 25.0 Å². The van der Waals surface area contributed by atoms with E-state index in [2.05, 4.69) is 46.5 Å². The first kappa shape index (κ1) is 20.4. The first-order valence-corrected chi connectivity index (χ1v) is 11.2. The van der Waals surface area contributed by atoms with Crippen molar-refractivity contribution in [3.63, 3.8) is 0 Å². The van der Waals surface area contributed by atoms with Crippen LogP contribution in [0.25, 0.3) is 0 Å². The molecule has 3 fully saturated rings. The van der Waals surface area contributed by atoms with Crippen molar-refractivity contribution >= 4 is 17.8 Å². The van der Waals surface area contributed by atoms with Crippen molar-refractivity contribution in [3.8, 4) is 0 Å². The van der Waals surface area contributed by atoms with E-state index in [9.17, 15) is 9.59 Å². The molecule has 7 nitrogen and oxygen atoms in total. The van der Waals surface area contributed by atoms with Crippen molar-refractivity contribution in [2.45, 2.75) is 39.2 Å². The normalized spacial score (nSPS) is 34.4. The lowest BCUT2D eigenvalue weighted by Gasteiger charge is -2.35. The van der Waals surface area contributed by atoms with Gasteiger partial charge in [-0.3, -0.25) is 19.5 Å². The lowest BCUT2D eigenvalue weighted by molar-refractivity contribution is -0.140. The van der Waals surface area contributed by atoms with Gasteiger partial charge < -0.3 is 15.5 Å². The van der Waals surface area contributed by atoms with Gasteiger partial charge in [-0.25, -0.2) is 0 Å². The van der Waals surface area contributed by atoms with Crippen LogP contribution in [-0.2, 0) is 9.59 Å². The Morgan fingerprint density at radius 3 is 2.48 bits per heavy atom. The molecule has 2 saturated heterocycles. The maximum atomic E-state index is 12.7. The number of likely N-dealkylation sites (tertiary alicyclic amines) is 2. The van der Waals surface area contributed by atoms with Crippen molar-refractivity contribution in [2.24, 2.45) is 34.6 Å². The third-order valence-electron chi connectivity index (χ3n) is 7.25. The zero-order valence-electron chi connectivity index (χ0n) is 17.9. The monoisotopic (exact) mass is 401 g/mol. The zero-order valence-corrected chi connectivity index (χ0v) is 17.9. The summed E-state index contributed by atoms with van der Waals surface area (Å²) in [7, 11) is 1.76. The predicted molar refractivity (Wildman–Crippen MR) is 113 cm³/mol. The fourth-order valence-corrected chi connectivity index (χ4v) is 5.67. The third kappa shape index (κ3) is 3.93. The van der Waals surface area contributed by atoms with Crippen LogP contribution in [-0.4, -0.2) is 73.4 Å². The van der Waals surface area contributed by atoms with Gasteiger partial charge in [-0.1, -0.05) is 12.2 Å². The quantitative estimate of drug-likeness (QED) is 0.301. The van der Waals surface area contributed by atoms with E-state index in [1.165, 1.54) is 24.3 Å². The number of imide groups is 1. The lowest BCUT2D eigenvalue weighted by Crippen LogP contribution is -2.47. The Morgan fingerprint density at radius 1 is 1.17 bits per heavy atom. The van der Waals surface area contributed by atoms with Gasteiger partial charge in [0.05, 0.1) is 11.8 Å². The molecule has 2 aliphatic carbocycles. The van der Waals surface area contributed by atoms with Crippen LogP contribution in [0.1, 0.15) is 33.1 Å². The zero-order chi connectivity index (χ0) is 20.5. The number of carbonyl (C=O) groups is 2. The summed E-state index contributed by atoms with van der Waals surface area (Å²) in [6, 6.07) is 0.593. The number of rotatable bonds is 6. The molecule has 2 bridgehead atoms. The molecule has 5 atom stereocenters. The van der Waals surface area contributed by atoms with Gasteiger partial charge in [0.2, 0.25) is 11.8 Å². The highest BCUT2D eigenvalue weighted by Crippen LogP contribution is 2.52. The molecule has 0 aromatic rings. The van der Waals surface area contributed by atoms with Crippen LogP contribution in [0.4, 0.5) is 0 Å². The first-order valence-electron chi connectivity index (χ1n) is 11.2. The van der Waals surface area contributed by atoms with Gasteiger partial charge in [0.25, 0.3) is 0 Å². The summed E-state index contributed by atoms with van der Waals surface area (Å²) in [6.45, 7) is 8.66. The average Bonchev–Trinajstić information content (AvgIpc) is 3.40. The minimum Gasteiger partial charge on any atom is -0.356 e. The van der Waals surface area contributed by atoms with Crippen molar-refractivity contribution in [1.29, 1.82) is 0 Å². The molecule has 4 rings (SSSR count). The van der Waals surface area contributed by atoms with Gasteiger partial charge in [0, 0.05) is 39.3 Å². The smallest absolute Gasteiger partial charge is 0.233 e. The molecule has 160 valence electrons. The molecule has 2 amide bonds. The minimum atomic E-state index is -0.106. The number of carbonyl (C=O) groups excluding carboxylic acids is 2. The van der Waals surface area contributed by atoms with Gasteiger partial charge in [0.1, 0.15) is 0 Å². The summed E-state index contributed by atoms with van der Waals surface area (Å²) in [5, 5.41) is 6.70. The second kappa shape index (κ2) is 8.46. The molecule has 0 aromatic carbocycles. The summed E-state index contributed by atoms with van der Waals surface area (Å²) in [5.41, 5.74) is 0. The number of nitrogens with one attached hydrogen (secondary N) is 2.